The number of hydrogen-bond acceptors (Lipinski definition) is 12. The van der Waals surface area contributed by atoms with Crippen molar-refractivity contribution >= 4 is 76.6 Å². The normalized spacial score (nSPS) is 12.7. The number of alkyl carbamates (subject to hydrolysis) is 1. The molecule has 348 valence electrons. The number of rotatable bonds is 25. The van der Waals surface area contributed by atoms with Crippen molar-refractivity contribution in [2.24, 2.45) is 0 Å². The fraction of sp³-hybridized carbons (Fsp3) is 0.457. The number of carbonyl (C=O) groups is 7. The molecule has 3 aromatic rings. The molecule has 0 radical (unpaired) electrons. The van der Waals surface area contributed by atoms with Crippen LogP contribution in [0.2, 0.25) is 0 Å². The second kappa shape index (κ2) is 27.7. The molecule has 3 N–H and O–H groups in total. The van der Waals surface area contributed by atoms with E-state index in [1.54, 1.807) is 81.4 Å². The van der Waals surface area contributed by atoms with Gasteiger partial charge in [0.25, 0.3) is 0 Å². The highest BCUT2D eigenvalue weighted by molar-refractivity contribution is 6.67. The lowest BCUT2D eigenvalue weighted by Gasteiger charge is -2.25. The van der Waals surface area contributed by atoms with Crippen LogP contribution in [-0.4, -0.2) is 75.9 Å². The van der Waals surface area contributed by atoms with Crippen LogP contribution in [-0.2, 0) is 72.3 Å². The summed E-state index contributed by atoms with van der Waals surface area (Å²) in [6.45, 7) is 4.51. The van der Waals surface area contributed by atoms with Gasteiger partial charge in [0.15, 0.2) is 0 Å². The van der Waals surface area contributed by atoms with Gasteiger partial charge in [-0.25, -0.2) is 4.79 Å². The highest BCUT2D eigenvalue weighted by Crippen LogP contribution is 2.26. The molecule has 0 unspecified atom stereocenters. The van der Waals surface area contributed by atoms with E-state index in [1.165, 1.54) is 0 Å². The highest BCUT2D eigenvalue weighted by Gasteiger charge is 2.28. The number of alkyl halides is 3. The molecule has 3 amide bonds. The van der Waals surface area contributed by atoms with Crippen molar-refractivity contribution in [3.8, 4) is 0 Å². The van der Waals surface area contributed by atoms with Gasteiger partial charge in [0.1, 0.15) is 32.0 Å². The summed E-state index contributed by atoms with van der Waals surface area (Å²) in [6, 6.07) is 24.2. The van der Waals surface area contributed by atoms with Crippen LogP contribution in [0, 0.1) is 0 Å². The van der Waals surface area contributed by atoms with Crippen LogP contribution in [0.5, 0.6) is 0 Å². The third-order valence-corrected chi connectivity index (χ3v) is 9.27. The van der Waals surface area contributed by atoms with Gasteiger partial charge in [0.05, 0.1) is 6.42 Å². The number of amides is 3. The number of nitrogens with one attached hydrogen (secondary N) is 3. The molecule has 0 saturated heterocycles. The molecule has 64 heavy (non-hydrogen) atoms. The minimum atomic E-state index is -1.89. The minimum Gasteiger partial charge on any atom is -0.461 e. The molecular formula is C46H56Cl3N3O12. The molecule has 0 heterocycles. The summed E-state index contributed by atoms with van der Waals surface area (Å²) in [4.78, 5) is 91.1. The van der Waals surface area contributed by atoms with Crippen LogP contribution in [0.3, 0.4) is 0 Å². The lowest BCUT2D eigenvalue weighted by atomic mass is 10.0. The largest absolute Gasteiger partial charge is 0.461 e. The Hall–Kier alpha value is -5.38. The van der Waals surface area contributed by atoms with Crippen LogP contribution in [0.25, 0.3) is 0 Å². The first-order valence-electron chi connectivity index (χ1n) is 20.7. The highest BCUT2D eigenvalue weighted by atomic mass is 35.6. The molecule has 0 bridgehead atoms. The van der Waals surface area contributed by atoms with E-state index in [1.807, 2.05) is 30.3 Å². The average molecular weight is 949 g/mol. The van der Waals surface area contributed by atoms with Gasteiger partial charge in [-0.3, -0.25) is 28.8 Å². The zero-order chi connectivity index (χ0) is 47.0. The van der Waals surface area contributed by atoms with Crippen LogP contribution in [0.15, 0.2) is 91.0 Å². The number of esters is 4. The molecule has 15 nitrogen and oxygen atoms in total. The zero-order valence-corrected chi connectivity index (χ0v) is 38.4. The van der Waals surface area contributed by atoms with Crippen molar-refractivity contribution in [2.45, 2.75) is 126 Å². The Morgan fingerprint density at radius 2 is 0.828 bits per heavy atom. The van der Waals surface area contributed by atoms with E-state index in [2.05, 4.69) is 16.0 Å². The van der Waals surface area contributed by atoms with Crippen molar-refractivity contribution < 1.29 is 57.2 Å². The van der Waals surface area contributed by atoms with Crippen LogP contribution in [0.4, 0.5) is 4.79 Å². The zero-order valence-electron chi connectivity index (χ0n) is 36.1. The van der Waals surface area contributed by atoms with E-state index >= 15 is 0 Å². The van der Waals surface area contributed by atoms with E-state index in [4.69, 9.17) is 58.5 Å². The van der Waals surface area contributed by atoms with E-state index in [9.17, 15) is 33.6 Å². The van der Waals surface area contributed by atoms with Gasteiger partial charge in [-0.1, -0.05) is 126 Å². The molecular weight excluding hydrogens is 893 g/mol. The van der Waals surface area contributed by atoms with Crippen molar-refractivity contribution in [3.63, 3.8) is 0 Å². The maximum absolute atomic E-state index is 13.7. The van der Waals surface area contributed by atoms with Crippen LogP contribution >= 0.6 is 34.8 Å². The van der Waals surface area contributed by atoms with Crippen LogP contribution in [0.1, 0.15) is 95.2 Å². The Morgan fingerprint density at radius 3 is 1.17 bits per heavy atom. The summed E-state index contributed by atoms with van der Waals surface area (Å²) < 4.78 is 24.7. The minimum absolute atomic E-state index is 0.00108. The number of benzene rings is 3. The smallest absolute Gasteiger partial charge is 0.407 e. The Labute approximate surface area is 388 Å². The molecule has 3 atom stereocenters. The van der Waals surface area contributed by atoms with Gasteiger partial charge in [-0.05, 0) is 56.7 Å². The number of carbonyl (C=O) groups excluding carboxylic acids is 7. The Morgan fingerprint density at radius 1 is 0.484 bits per heavy atom. The fourth-order valence-corrected chi connectivity index (χ4v) is 6.06. The van der Waals surface area contributed by atoms with E-state index < -0.39 is 82.3 Å². The molecule has 0 aliphatic carbocycles. The van der Waals surface area contributed by atoms with Crippen molar-refractivity contribution in [1.82, 2.24) is 16.0 Å². The Balaban J connectivity index is 1.73. The molecule has 3 aromatic carbocycles. The Bertz CT molecular complexity index is 1950. The van der Waals surface area contributed by atoms with Crippen LogP contribution < -0.4 is 16.0 Å². The fourth-order valence-electron chi connectivity index (χ4n) is 5.90. The summed E-state index contributed by atoms with van der Waals surface area (Å²) >= 11 is 17.2. The monoisotopic (exact) mass is 947 g/mol. The van der Waals surface area contributed by atoms with Gasteiger partial charge >= 0.3 is 30.0 Å². The van der Waals surface area contributed by atoms with Gasteiger partial charge in [-0.2, -0.15) is 0 Å². The molecule has 3 rings (SSSR count). The topological polar surface area (TPSA) is 202 Å². The first kappa shape index (κ1) is 53.0. The number of halogens is 3. The summed E-state index contributed by atoms with van der Waals surface area (Å²) in [5.41, 5.74) is 1.44. The van der Waals surface area contributed by atoms with Gasteiger partial charge in [0.2, 0.25) is 15.6 Å². The lowest BCUT2D eigenvalue weighted by Crippen LogP contribution is -2.46. The first-order chi connectivity index (χ1) is 30.3. The van der Waals surface area contributed by atoms with E-state index in [0.717, 1.165) is 16.7 Å². The third-order valence-electron chi connectivity index (χ3n) is 8.94. The van der Waals surface area contributed by atoms with Gasteiger partial charge in [-0.15, -0.1) is 0 Å². The molecule has 18 heteroatoms. The third kappa shape index (κ3) is 25.1. The van der Waals surface area contributed by atoms with Gasteiger partial charge in [0, 0.05) is 50.2 Å². The predicted molar refractivity (Wildman–Crippen MR) is 239 cm³/mol. The second-order valence-electron chi connectivity index (χ2n) is 15.8. The van der Waals surface area contributed by atoms with Gasteiger partial charge < -0.3 is 39.6 Å². The summed E-state index contributed by atoms with van der Waals surface area (Å²) in [5.74, 6) is -3.83. The number of hydrogen-bond donors (Lipinski definition) is 3. The van der Waals surface area contributed by atoms with E-state index in [0.29, 0.717) is 0 Å². The number of ether oxygens (including phenoxy) is 5. The summed E-state index contributed by atoms with van der Waals surface area (Å²) in [6.07, 6.45) is -2.58. The first-order valence-corrected chi connectivity index (χ1v) is 21.8. The van der Waals surface area contributed by atoms with E-state index in [-0.39, 0.29) is 71.2 Å². The maximum Gasteiger partial charge on any atom is 0.407 e. The summed E-state index contributed by atoms with van der Waals surface area (Å²) in [7, 11) is 0. The van der Waals surface area contributed by atoms with Crippen molar-refractivity contribution in [3.05, 3.63) is 108 Å². The SMILES string of the molecule is CC(C)(C)OC(=O)N[C@@H](CCC(=O)OCc1ccccc1)CC(=O)N[C@@H](CCC(=O)OCc1ccccc1)CC(=O)N[C@@H](CCC(=O)OCc1ccccc1)CC(=O)OCC(Cl)(Cl)Cl. The molecule has 0 aromatic heterocycles. The second-order valence-corrected chi connectivity index (χ2v) is 18.3. The maximum atomic E-state index is 13.7. The quantitative estimate of drug-likeness (QED) is 0.0430. The summed E-state index contributed by atoms with van der Waals surface area (Å²) in [5, 5.41) is 8.14. The molecule has 0 fully saturated rings. The standard InChI is InChI=1S/C46H56Cl3N3O12/c1-45(2,3)64-44(59)52-36(20-23-41(56)61-29-33-15-9-5-10-16-33)26-39(54)50-35(19-22-40(55)60-28-32-13-7-4-8-14-32)25-38(53)51-37(27-43(58)63-31-46(47,48)49)21-24-42(57)62-30-34-17-11-6-12-18-34/h4-18,35-37H,19-31H2,1-3H3,(H,50,54)(H,51,53)(H,52,59)/t35-,36-,37-/m0/s1. The van der Waals surface area contributed by atoms with Crippen molar-refractivity contribution in [1.29, 1.82) is 0 Å². The molecule has 0 spiro atoms. The average Bonchev–Trinajstić information content (AvgIpc) is 3.23. The molecule has 0 aliphatic rings. The molecule has 0 aliphatic heterocycles. The molecule has 0 saturated carbocycles. The Kier molecular flexibility index (Phi) is 22.9. The predicted octanol–water partition coefficient (Wildman–Crippen LogP) is 7.50. The van der Waals surface area contributed by atoms with Crippen molar-refractivity contribution in [2.75, 3.05) is 6.61 Å². The lowest BCUT2D eigenvalue weighted by molar-refractivity contribution is -0.147.